The van der Waals surface area contributed by atoms with Crippen molar-refractivity contribution in [2.45, 2.75) is 45.3 Å². The quantitative estimate of drug-likeness (QED) is 0.806. The minimum Gasteiger partial charge on any atom is -0.367 e. The van der Waals surface area contributed by atoms with Crippen molar-refractivity contribution < 1.29 is 4.79 Å². The van der Waals surface area contributed by atoms with Crippen molar-refractivity contribution in [3.63, 3.8) is 0 Å². The molecule has 0 radical (unpaired) electrons. The van der Waals surface area contributed by atoms with Gasteiger partial charge in [-0.15, -0.1) is 12.4 Å². The second-order valence-electron chi connectivity index (χ2n) is 7.91. The first-order valence-corrected chi connectivity index (χ1v) is 10.1. The molecule has 4 nitrogen and oxygen atoms in total. The molecule has 0 aromatic heterocycles. The molecule has 0 spiro atoms. The number of piperidine rings is 1. The number of benzene rings is 2. The Morgan fingerprint density at radius 2 is 1.89 bits per heavy atom. The normalized spacial score (nSPS) is 21.0. The third kappa shape index (κ3) is 4.86. The van der Waals surface area contributed by atoms with Crippen molar-refractivity contribution in [2.75, 3.05) is 18.0 Å². The van der Waals surface area contributed by atoms with Crippen LogP contribution in [0.3, 0.4) is 0 Å². The molecule has 2 aliphatic heterocycles. The number of hydrogen-bond acceptors (Lipinski definition) is 3. The molecule has 1 amide bonds. The summed E-state index contributed by atoms with van der Waals surface area (Å²) in [7, 11) is 0. The van der Waals surface area contributed by atoms with Gasteiger partial charge < -0.3 is 15.5 Å². The van der Waals surface area contributed by atoms with Gasteiger partial charge in [0, 0.05) is 37.3 Å². The van der Waals surface area contributed by atoms with Gasteiger partial charge in [0.2, 0.25) is 5.91 Å². The summed E-state index contributed by atoms with van der Waals surface area (Å²) in [4.78, 5) is 14.8. The number of fused-ring (bicyclic) bond motifs is 1. The minimum absolute atomic E-state index is 0. The van der Waals surface area contributed by atoms with Gasteiger partial charge >= 0.3 is 0 Å². The van der Waals surface area contributed by atoms with Crippen LogP contribution < -0.4 is 15.5 Å². The average molecular weight is 400 g/mol. The van der Waals surface area contributed by atoms with Crippen LogP contribution in [0.25, 0.3) is 0 Å². The van der Waals surface area contributed by atoms with Gasteiger partial charge in [-0.3, -0.25) is 4.79 Å². The van der Waals surface area contributed by atoms with Crippen molar-refractivity contribution in [1.82, 2.24) is 10.6 Å². The van der Waals surface area contributed by atoms with Crippen LogP contribution in [0.15, 0.2) is 48.5 Å². The molecule has 2 aromatic carbocycles. The van der Waals surface area contributed by atoms with E-state index in [2.05, 4.69) is 71.0 Å². The highest BCUT2D eigenvalue weighted by molar-refractivity contribution is 5.85. The number of hydrogen-bond donors (Lipinski definition) is 2. The fraction of sp³-hybridized carbons (Fsp3) is 0.435. The third-order valence-corrected chi connectivity index (χ3v) is 5.84. The number of carbonyl (C=O) groups is 1. The summed E-state index contributed by atoms with van der Waals surface area (Å²) < 4.78 is 0. The first kappa shape index (κ1) is 20.7. The number of carbonyl (C=O) groups excluding carboxylic acids is 1. The van der Waals surface area contributed by atoms with E-state index < -0.39 is 0 Å². The van der Waals surface area contributed by atoms with Crippen LogP contribution in [0.5, 0.6) is 0 Å². The van der Waals surface area contributed by atoms with E-state index >= 15 is 0 Å². The number of halogens is 1. The predicted octanol–water partition coefficient (Wildman–Crippen LogP) is 3.68. The van der Waals surface area contributed by atoms with Gasteiger partial charge in [-0.2, -0.15) is 0 Å². The fourth-order valence-electron chi connectivity index (χ4n) is 4.26. The van der Waals surface area contributed by atoms with Gasteiger partial charge in [-0.1, -0.05) is 42.5 Å². The maximum atomic E-state index is 12.4. The fourth-order valence-corrected chi connectivity index (χ4v) is 4.26. The second kappa shape index (κ2) is 9.44. The van der Waals surface area contributed by atoms with E-state index in [1.807, 2.05) is 0 Å². The number of amides is 1. The first-order valence-electron chi connectivity index (χ1n) is 10.1. The smallest absolute Gasteiger partial charge is 0.223 e. The molecular formula is C23H30ClN3O. The summed E-state index contributed by atoms with van der Waals surface area (Å²) in [6.45, 7) is 5.73. The first-order chi connectivity index (χ1) is 13.2. The SMILES string of the molecule is C[C@H]1C[C@@H](C(=O)NCc2ccc(CN3CCc4ccccc43)cc2)CCN1.Cl. The summed E-state index contributed by atoms with van der Waals surface area (Å²) in [6.07, 6.45) is 3.00. The van der Waals surface area contributed by atoms with Gasteiger partial charge in [0.25, 0.3) is 0 Å². The van der Waals surface area contributed by atoms with Crippen LogP contribution in [0.1, 0.15) is 36.5 Å². The maximum absolute atomic E-state index is 12.4. The zero-order valence-corrected chi connectivity index (χ0v) is 17.3. The Labute approximate surface area is 174 Å². The van der Waals surface area contributed by atoms with E-state index in [-0.39, 0.29) is 24.2 Å². The maximum Gasteiger partial charge on any atom is 0.223 e. The van der Waals surface area contributed by atoms with Gasteiger partial charge in [0.05, 0.1) is 0 Å². The van der Waals surface area contributed by atoms with E-state index in [0.29, 0.717) is 12.6 Å². The molecule has 4 rings (SSSR count). The Hall–Kier alpha value is -2.04. The van der Waals surface area contributed by atoms with Crippen LogP contribution in [-0.4, -0.2) is 25.0 Å². The summed E-state index contributed by atoms with van der Waals surface area (Å²) >= 11 is 0. The molecule has 2 atom stereocenters. The molecule has 1 fully saturated rings. The summed E-state index contributed by atoms with van der Waals surface area (Å²) in [5.41, 5.74) is 5.29. The second-order valence-corrected chi connectivity index (χ2v) is 7.91. The summed E-state index contributed by atoms with van der Waals surface area (Å²) in [5.74, 6) is 0.344. The van der Waals surface area contributed by atoms with Crippen LogP contribution in [0.4, 0.5) is 5.69 Å². The Balaban J connectivity index is 0.00000225. The van der Waals surface area contributed by atoms with Gasteiger partial charge in [-0.05, 0) is 55.5 Å². The summed E-state index contributed by atoms with van der Waals surface area (Å²) in [5, 5.41) is 6.52. The molecule has 2 N–H and O–H groups in total. The number of rotatable bonds is 5. The third-order valence-electron chi connectivity index (χ3n) is 5.84. The predicted molar refractivity (Wildman–Crippen MR) is 117 cm³/mol. The molecule has 2 aromatic rings. The minimum atomic E-state index is 0. The van der Waals surface area contributed by atoms with E-state index in [4.69, 9.17) is 0 Å². The topological polar surface area (TPSA) is 44.4 Å². The molecule has 0 bridgehead atoms. The highest BCUT2D eigenvalue weighted by Crippen LogP contribution is 2.28. The molecule has 2 aliphatic rings. The van der Waals surface area contributed by atoms with Crippen molar-refractivity contribution >= 4 is 24.0 Å². The van der Waals surface area contributed by atoms with Crippen molar-refractivity contribution in [1.29, 1.82) is 0 Å². The zero-order valence-electron chi connectivity index (χ0n) is 16.5. The number of anilines is 1. The largest absolute Gasteiger partial charge is 0.367 e. The van der Waals surface area contributed by atoms with E-state index in [9.17, 15) is 4.79 Å². The molecule has 0 unspecified atom stereocenters. The van der Waals surface area contributed by atoms with Crippen molar-refractivity contribution in [3.8, 4) is 0 Å². The summed E-state index contributed by atoms with van der Waals surface area (Å²) in [6, 6.07) is 17.8. The number of nitrogens with one attached hydrogen (secondary N) is 2. The molecule has 5 heteroatoms. The van der Waals surface area contributed by atoms with Crippen LogP contribution in [0.2, 0.25) is 0 Å². The van der Waals surface area contributed by atoms with Gasteiger partial charge in [0.15, 0.2) is 0 Å². The van der Waals surface area contributed by atoms with E-state index in [1.165, 1.54) is 16.8 Å². The Morgan fingerprint density at radius 1 is 1.14 bits per heavy atom. The molecule has 2 heterocycles. The Bertz CT molecular complexity index is 793. The monoisotopic (exact) mass is 399 g/mol. The molecule has 0 aliphatic carbocycles. The van der Waals surface area contributed by atoms with Gasteiger partial charge in [0.1, 0.15) is 0 Å². The van der Waals surface area contributed by atoms with Crippen molar-refractivity contribution in [3.05, 3.63) is 65.2 Å². The van der Waals surface area contributed by atoms with E-state index in [0.717, 1.165) is 44.5 Å². The molecule has 150 valence electrons. The van der Waals surface area contributed by atoms with Crippen LogP contribution >= 0.6 is 12.4 Å². The lowest BCUT2D eigenvalue weighted by molar-refractivity contribution is -0.126. The van der Waals surface area contributed by atoms with Crippen LogP contribution in [-0.2, 0) is 24.3 Å². The van der Waals surface area contributed by atoms with Crippen LogP contribution in [0, 0.1) is 5.92 Å². The van der Waals surface area contributed by atoms with Crippen molar-refractivity contribution in [2.24, 2.45) is 5.92 Å². The lowest BCUT2D eigenvalue weighted by atomic mass is 9.92. The molecule has 0 saturated carbocycles. The molecule has 28 heavy (non-hydrogen) atoms. The average Bonchev–Trinajstić information content (AvgIpc) is 3.10. The lowest BCUT2D eigenvalue weighted by Crippen LogP contribution is -2.42. The highest BCUT2D eigenvalue weighted by Gasteiger charge is 2.24. The molecule has 1 saturated heterocycles. The number of para-hydroxylation sites is 1. The number of nitrogens with zero attached hydrogens (tertiary/aromatic N) is 1. The van der Waals surface area contributed by atoms with Gasteiger partial charge in [-0.25, -0.2) is 0 Å². The Morgan fingerprint density at radius 3 is 2.68 bits per heavy atom. The van der Waals surface area contributed by atoms with E-state index in [1.54, 1.807) is 0 Å². The molecular weight excluding hydrogens is 370 g/mol. The highest BCUT2D eigenvalue weighted by atomic mass is 35.5. The Kier molecular flexibility index (Phi) is 6.97. The standard InChI is InChI=1S/C23H29N3O.ClH/c1-17-14-21(10-12-24-17)23(27)25-15-18-6-8-19(9-7-18)16-26-13-11-20-4-2-3-5-22(20)26;/h2-9,17,21,24H,10-16H2,1H3,(H,25,27);1H/t17-,21-;/m0./s1. The lowest BCUT2D eigenvalue weighted by Gasteiger charge is -2.27. The zero-order chi connectivity index (χ0) is 18.6.